The first-order valence-electron chi connectivity index (χ1n) is 13.8. The van der Waals surface area contributed by atoms with Crippen LogP contribution in [0.1, 0.15) is 0 Å². The highest BCUT2D eigenvalue weighted by Gasteiger charge is 2.41. The number of rotatable bonds is 1. The highest BCUT2D eigenvalue weighted by molar-refractivity contribution is 7.00. The molecule has 0 amide bonds. The van der Waals surface area contributed by atoms with Crippen LogP contribution in [0.2, 0.25) is 0 Å². The van der Waals surface area contributed by atoms with Crippen LogP contribution in [0.4, 0.5) is 17.1 Å². The van der Waals surface area contributed by atoms with Gasteiger partial charge in [-0.25, -0.2) is 0 Å². The highest BCUT2D eigenvalue weighted by atomic mass is 16.3. The molecule has 10 rings (SSSR count). The molecule has 0 saturated heterocycles. The van der Waals surface area contributed by atoms with Crippen LogP contribution >= 0.6 is 0 Å². The monoisotopic (exact) mass is 508 g/mol. The number of para-hydroxylation sites is 4. The first-order chi connectivity index (χ1) is 19.9. The van der Waals surface area contributed by atoms with Crippen molar-refractivity contribution in [3.8, 4) is 5.69 Å². The highest BCUT2D eigenvalue weighted by Crippen LogP contribution is 2.45. The second-order valence-electron chi connectivity index (χ2n) is 10.9. The lowest BCUT2D eigenvalue weighted by Gasteiger charge is -2.39. The summed E-state index contributed by atoms with van der Waals surface area (Å²) < 4.78 is 8.86. The number of nitrogens with zero attached hydrogens (tertiary/aromatic N) is 2. The van der Waals surface area contributed by atoms with Crippen LogP contribution in [0.3, 0.4) is 0 Å². The fraction of sp³-hybridized carbons (Fsp3) is 0. The van der Waals surface area contributed by atoms with E-state index in [0.29, 0.717) is 0 Å². The Bertz CT molecular complexity index is 2350. The van der Waals surface area contributed by atoms with E-state index in [1.165, 1.54) is 71.7 Å². The molecule has 0 saturated carbocycles. The summed E-state index contributed by atoms with van der Waals surface area (Å²) in [5, 5.41) is 4.91. The van der Waals surface area contributed by atoms with E-state index in [1.54, 1.807) is 0 Å². The van der Waals surface area contributed by atoms with E-state index in [0.717, 1.165) is 11.2 Å². The number of hydrogen-bond donors (Lipinski definition) is 0. The maximum Gasteiger partial charge on any atom is 0.252 e. The van der Waals surface area contributed by atoms with Gasteiger partial charge >= 0.3 is 0 Å². The quantitative estimate of drug-likeness (QED) is 0.217. The fourth-order valence-electron chi connectivity index (χ4n) is 7.49. The van der Waals surface area contributed by atoms with E-state index in [1.807, 2.05) is 6.07 Å². The van der Waals surface area contributed by atoms with Gasteiger partial charge in [-0.3, -0.25) is 0 Å². The summed E-state index contributed by atoms with van der Waals surface area (Å²) in [7, 11) is 0. The summed E-state index contributed by atoms with van der Waals surface area (Å²) >= 11 is 0. The van der Waals surface area contributed by atoms with Crippen molar-refractivity contribution >= 4 is 83.9 Å². The third-order valence-corrected chi connectivity index (χ3v) is 8.97. The molecule has 40 heavy (non-hydrogen) atoms. The number of furan rings is 1. The lowest BCUT2D eigenvalue weighted by Crippen LogP contribution is -2.60. The maximum atomic E-state index is 6.35. The van der Waals surface area contributed by atoms with Crippen molar-refractivity contribution in [3.63, 3.8) is 0 Å². The van der Waals surface area contributed by atoms with E-state index >= 15 is 0 Å². The zero-order chi connectivity index (χ0) is 25.9. The van der Waals surface area contributed by atoms with Crippen molar-refractivity contribution in [3.05, 3.63) is 127 Å². The van der Waals surface area contributed by atoms with Crippen molar-refractivity contribution in [1.29, 1.82) is 0 Å². The molecule has 0 unspecified atom stereocenters. The largest absolute Gasteiger partial charge is 0.456 e. The molecule has 4 heterocycles. The van der Waals surface area contributed by atoms with Gasteiger partial charge in [-0.1, -0.05) is 78.9 Å². The van der Waals surface area contributed by atoms with E-state index in [9.17, 15) is 0 Å². The van der Waals surface area contributed by atoms with Crippen LogP contribution < -0.4 is 21.3 Å². The molecule has 3 nitrogen and oxygen atoms in total. The molecule has 0 spiro atoms. The van der Waals surface area contributed by atoms with Crippen molar-refractivity contribution in [2.24, 2.45) is 0 Å². The van der Waals surface area contributed by atoms with Crippen molar-refractivity contribution in [2.45, 2.75) is 0 Å². The molecule has 0 N–H and O–H groups in total. The zero-order valence-corrected chi connectivity index (χ0v) is 21.5. The molecule has 2 aromatic heterocycles. The minimum Gasteiger partial charge on any atom is -0.456 e. The van der Waals surface area contributed by atoms with E-state index < -0.39 is 0 Å². The summed E-state index contributed by atoms with van der Waals surface area (Å²) in [6.07, 6.45) is 0. The second-order valence-corrected chi connectivity index (χ2v) is 10.9. The molecule has 2 aliphatic heterocycles. The molecule has 6 aromatic carbocycles. The summed E-state index contributed by atoms with van der Waals surface area (Å²) in [4.78, 5) is 2.44. The third-order valence-electron chi connectivity index (χ3n) is 8.97. The smallest absolute Gasteiger partial charge is 0.252 e. The van der Waals surface area contributed by atoms with Crippen LogP contribution in [-0.4, -0.2) is 11.3 Å². The van der Waals surface area contributed by atoms with Crippen LogP contribution in [-0.2, 0) is 0 Å². The molecule has 0 fully saturated rings. The molecule has 184 valence electrons. The van der Waals surface area contributed by atoms with Gasteiger partial charge in [0.15, 0.2) is 0 Å². The van der Waals surface area contributed by atoms with Gasteiger partial charge in [-0.2, -0.15) is 0 Å². The first kappa shape index (κ1) is 20.7. The van der Waals surface area contributed by atoms with Crippen LogP contribution in [0.25, 0.3) is 49.4 Å². The van der Waals surface area contributed by atoms with Gasteiger partial charge in [-0.05, 0) is 64.9 Å². The van der Waals surface area contributed by atoms with Gasteiger partial charge in [-0.15, -0.1) is 0 Å². The van der Waals surface area contributed by atoms with E-state index in [-0.39, 0.29) is 6.71 Å². The number of fused-ring (bicyclic) bond motifs is 12. The average Bonchev–Trinajstić information content (AvgIpc) is 3.56. The predicted molar refractivity (Wildman–Crippen MR) is 167 cm³/mol. The number of hydrogen-bond acceptors (Lipinski definition) is 2. The van der Waals surface area contributed by atoms with Gasteiger partial charge in [0.05, 0.1) is 11.0 Å². The molecule has 2 aliphatic rings. The predicted octanol–water partition coefficient (Wildman–Crippen LogP) is 7.30. The Labute approximate surface area is 230 Å². The second kappa shape index (κ2) is 7.25. The Morgan fingerprint density at radius 2 is 1.23 bits per heavy atom. The van der Waals surface area contributed by atoms with Gasteiger partial charge in [0.1, 0.15) is 11.2 Å². The molecular formula is C36H21BN2O. The Hall–Kier alpha value is -5.22. The van der Waals surface area contributed by atoms with E-state index in [2.05, 4.69) is 131 Å². The average molecular weight is 508 g/mol. The Balaban J connectivity index is 1.45. The van der Waals surface area contributed by atoms with Crippen LogP contribution in [0.5, 0.6) is 0 Å². The minimum absolute atomic E-state index is 0.152. The Kier molecular flexibility index (Phi) is 3.75. The van der Waals surface area contributed by atoms with Gasteiger partial charge in [0.2, 0.25) is 0 Å². The first-order valence-corrected chi connectivity index (χ1v) is 13.8. The summed E-state index contributed by atoms with van der Waals surface area (Å²) in [5.74, 6) is 0. The molecule has 0 atom stereocenters. The van der Waals surface area contributed by atoms with Crippen LogP contribution in [0, 0.1) is 0 Å². The molecular weight excluding hydrogens is 487 g/mol. The minimum atomic E-state index is 0.152. The Morgan fingerprint density at radius 1 is 0.500 bits per heavy atom. The van der Waals surface area contributed by atoms with Crippen molar-refractivity contribution in [1.82, 2.24) is 4.57 Å². The Morgan fingerprint density at radius 3 is 2.10 bits per heavy atom. The zero-order valence-electron chi connectivity index (χ0n) is 21.5. The van der Waals surface area contributed by atoms with Crippen molar-refractivity contribution < 1.29 is 4.42 Å². The van der Waals surface area contributed by atoms with Gasteiger partial charge < -0.3 is 13.9 Å². The third kappa shape index (κ3) is 2.39. The van der Waals surface area contributed by atoms with Crippen LogP contribution in [0.15, 0.2) is 132 Å². The number of aromatic nitrogens is 1. The standard InChI is InChI=1S/C36H21BN2O/c1-2-10-22(11-3-1)38-27-15-7-5-13-25(27)37-26-14-6-8-16-28(26)39-29-20-21-32-34(23-12-4-9-17-31(23)40-32)33(29)24-18-19-30(38)35(37)36(24)39/h1-21H. The molecule has 0 aliphatic carbocycles. The summed E-state index contributed by atoms with van der Waals surface area (Å²) in [5.41, 5.74) is 13.4. The van der Waals surface area contributed by atoms with Crippen molar-refractivity contribution in [2.75, 3.05) is 4.90 Å². The normalized spacial score (nSPS) is 13.4. The van der Waals surface area contributed by atoms with Gasteiger partial charge in [0.25, 0.3) is 6.71 Å². The lowest BCUT2D eigenvalue weighted by atomic mass is 9.34. The molecule has 4 heteroatoms. The number of benzene rings is 6. The van der Waals surface area contributed by atoms with E-state index in [4.69, 9.17) is 4.42 Å². The maximum absolute atomic E-state index is 6.35. The topological polar surface area (TPSA) is 21.3 Å². The van der Waals surface area contributed by atoms with Gasteiger partial charge in [0, 0.05) is 44.3 Å². The fourth-order valence-corrected chi connectivity index (χ4v) is 7.49. The molecule has 0 radical (unpaired) electrons. The number of anilines is 3. The SMILES string of the molecule is c1ccc(N2c3ccccc3B3c4ccccc4-n4c5ccc6oc7ccccc7c6c5c5ccc2c3c54)cc1. The summed E-state index contributed by atoms with van der Waals surface area (Å²) in [6, 6.07) is 46.1. The molecule has 0 bridgehead atoms. The lowest BCUT2D eigenvalue weighted by molar-refractivity contribution is 0.669. The molecule has 8 aromatic rings. The summed E-state index contributed by atoms with van der Waals surface area (Å²) in [6.45, 7) is 0.152.